The van der Waals surface area contributed by atoms with Gasteiger partial charge in [0.1, 0.15) is 0 Å². The lowest BCUT2D eigenvalue weighted by atomic mass is 9.94. The molecule has 4 aromatic rings. The number of rotatable bonds is 6. The molecule has 0 spiro atoms. The lowest BCUT2D eigenvalue weighted by Crippen LogP contribution is -2.11. The number of imidazole rings is 1. The second kappa shape index (κ2) is 10.1. The number of carbonyl (C=O) groups excluding carboxylic acids is 2. The van der Waals surface area contributed by atoms with E-state index in [1.807, 2.05) is 12.1 Å². The fourth-order valence-electron chi connectivity index (χ4n) is 4.43. The highest BCUT2D eigenvalue weighted by molar-refractivity contribution is 6.07. The molecule has 0 unspecified atom stereocenters. The normalized spacial score (nSPS) is 17.4. The van der Waals surface area contributed by atoms with E-state index in [9.17, 15) is 9.59 Å². The van der Waals surface area contributed by atoms with Crippen LogP contribution in [0.4, 0.5) is 17.5 Å². The summed E-state index contributed by atoms with van der Waals surface area (Å²) in [5, 5.41) is 16.8. The summed E-state index contributed by atoms with van der Waals surface area (Å²) in [6, 6.07) is 10.7. The van der Waals surface area contributed by atoms with E-state index in [4.69, 9.17) is 0 Å². The molecule has 1 aliphatic carbocycles. The first-order valence-corrected chi connectivity index (χ1v) is 12.3. The van der Waals surface area contributed by atoms with Gasteiger partial charge < -0.3 is 20.9 Å². The van der Waals surface area contributed by atoms with Gasteiger partial charge in [0.15, 0.2) is 5.82 Å². The number of hydrogen-bond acceptors (Lipinski definition) is 5. The van der Waals surface area contributed by atoms with Crippen LogP contribution in [0.15, 0.2) is 72.0 Å². The Labute approximate surface area is 214 Å². The third-order valence-corrected chi connectivity index (χ3v) is 6.25. The molecule has 5 N–H and O–H groups in total. The summed E-state index contributed by atoms with van der Waals surface area (Å²) in [5.41, 5.74) is 5.75. The van der Waals surface area contributed by atoms with Gasteiger partial charge in [-0.05, 0) is 66.8 Å². The predicted octanol–water partition coefficient (Wildman–Crippen LogP) is 5.88. The lowest BCUT2D eigenvalue weighted by Gasteiger charge is -2.17. The van der Waals surface area contributed by atoms with E-state index in [0.717, 1.165) is 35.0 Å². The van der Waals surface area contributed by atoms with E-state index in [1.165, 1.54) is 12.5 Å². The van der Waals surface area contributed by atoms with Crippen LogP contribution in [0.25, 0.3) is 21.9 Å². The van der Waals surface area contributed by atoms with Crippen molar-refractivity contribution in [2.24, 2.45) is 5.92 Å². The molecular formula is C28H29N7O2. The number of nitrogens with zero attached hydrogens (tertiary/aromatic N) is 2. The zero-order valence-electron chi connectivity index (χ0n) is 21.0. The van der Waals surface area contributed by atoms with Gasteiger partial charge in [0.05, 0.1) is 16.6 Å². The second-order valence-electron chi connectivity index (χ2n) is 9.33. The van der Waals surface area contributed by atoms with Crippen LogP contribution < -0.4 is 16.0 Å². The molecule has 9 heteroatoms. The van der Waals surface area contributed by atoms with Crippen molar-refractivity contribution in [2.45, 2.75) is 33.6 Å². The first-order valence-electron chi connectivity index (χ1n) is 12.3. The highest BCUT2D eigenvalue weighted by Gasteiger charge is 2.14. The number of aromatic amines is 2. The number of benzene rings is 2. The standard InChI is InChI=1S/C28H29N7O2/c1-16(2)20-8-6-4-5-7-9-22(20)31-28-32-23-13-10-18(14-25(23)33-28)27(37)30-19-11-12-21-24(15-19)34-35-26(21)29-17(3)36/h4-5,7,9-16H,6,8H2,1-3H3,(H,30,37)(H2,31,32,33)(H2,29,34,35,36)/b5-4-,9-7-,22-20-. The summed E-state index contributed by atoms with van der Waals surface area (Å²) in [5.74, 6) is 1.06. The van der Waals surface area contributed by atoms with Crippen molar-refractivity contribution < 1.29 is 9.59 Å². The molecule has 9 nitrogen and oxygen atoms in total. The molecule has 37 heavy (non-hydrogen) atoms. The third-order valence-electron chi connectivity index (χ3n) is 6.25. The molecule has 2 aromatic heterocycles. The topological polar surface area (TPSA) is 128 Å². The summed E-state index contributed by atoms with van der Waals surface area (Å²) in [4.78, 5) is 32.3. The Kier molecular flexibility index (Phi) is 6.59. The van der Waals surface area contributed by atoms with Crippen molar-refractivity contribution in [3.63, 3.8) is 0 Å². The van der Waals surface area contributed by atoms with Crippen molar-refractivity contribution in [2.75, 3.05) is 16.0 Å². The number of aromatic nitrogens is 4. The molecule has 0 saturated carbocycles. The highest BCUT2D eigenvalue weighted by atomic mass is 16.2. The van der Waals surface area contributed by atoms with Crippen LogP contribution in [0.1, 0.15) is 44.0 Å². The number of fused-ring (bicyclic) bond motifs is 2. The van der Waals surface area contributed by atoms with Crippen molar-refractivity contribution in [3.05, 3.63) is 77.5 Å². The van der Waals surface area contributed by atoms with Crippen LogP contribution in [0.2, 0.25) is 0 Å². The summed E-state index contributed by atoms with van der Waals surface area (Å²) in [7, 11) is 0. The number of H-pyrrole nitrogens is 2. The maximum atomic E-state index is 13.0. The molecule has 1 aliphatic rings. The summed E-state index contributed by atoms with van der Waals surface area (Å²) in [6.07, 6.45) is 10.4. The molecular weight excluding hydrogens is 466 g/mol. The second-order valence-corrected chi connectivity index (χ2v) is 9.33. The van der Waals surface area contributed by atoms with Crippen molar-refractivity contribution >= 4 is 51.2 Å². The van der Waals surface area contributed by atoms with Crippen molar-refractivity contribution in [3.8, 4) is 0 Å². The summed E-state index contributed by atoms with van der Waals surface area (Å²) in [6.45, 7) is 5.83. The maximum absolute atomic E-state index is 13.0. The number of nitrogens with one attached hydrogen (secondary N) is 5. The molecule has 0 atom stereocenters. The monoisotopic (exact) mass is 495 g/mol. The Morgan fingerprint density at radius 1 is 1.03 bits per heavy atom. The Morgan fingerprint density at radius 2 is 1.89 bits per heavy atom. The molecule has 0 aliphatic heterocycles. The fraction of sp³-hybridized carbons (Fsp3) is 0.214. The van der Waals surface area contributed by atoms with Crippen LogP contribution in [-0.2, 0) is 4.79 Å². The number of amides is 2. The fourth-order valence-corrected chi connectivity index (χ4v) is 4.43. The minimum atomic E-state index is -0.244. The van der Waals surface area contributed by atoms with E-state index in [-0.39, 0.29) is 11.8 Å². The van der Waals surface area contributed by atoms with Gasteiger partial charge in [-0.2, -0.15) is 5.10 Å². The van der Waals surface area contributed by atoms with Gasteiger partial charge in [0, 0.05) is 29.3 Å². The molecule has 5 rings (SSSR count). The minimum Gasteiger partial charge on any atom is -0.326 e. The third kappa shape index (κ3) is 5.30. The number of anilines is 3. The van der Waals surface area contributed by atoms with E-state index in [1.54, 1.807) is 30.3 Å². The first kappa shape index (κ1) is 24.1. The predicted molar refractivity (Wildman–Crippen MR) is 147 cm³/mol. The Morgan fingerprint density at radius 3 is 2.70 bits per heavy atom. The molecule has 0 saturated heterocycles. The highest BCUT2D eigenvalue weighted by Crippen LogP contribution is 2.26. The zero-order chi connectivity index (χ0) is 25.9. The van der Waals surface area contributed by atoms with E-state index in [0.29, 0.717) is 34.5 Å². The average molecular weight is 496 g/mol. The number of carbonyl (C=O) groups is 2. The van der Waals surface area contributed by atoms with Gasteiger partial charge in [0.2, 0.25) is 11.9 Å². The molecule has 0 radical (unpaired) electrons. The van der Waals surface area contributed by atoms with E-state index < -0.39 is 0 Å². The van der Waals surface area contributed by atoms with Gasteiger partial charge in [-0.25, -0.2) is 4.98 Å². The van der Waals surface area contributed by atoms with Crippen LogP contribution >= 0.6 is 0 Å². The quantitative estimate of drug-likeness (QED) is 0.228. The minimum absolute atomic E-state index is 0.200. The van der Waals surface area contributed by atoms with Crippen LogP contribution in [0.5, 0.6) is 0 Å². The van der Waals surface area contributed by atoms with Gasteiger partial charge in [0.25, 0.3) is 5.91 Å². The Bertz CT molecular complexity index is 1590. The van der Waals surface area contributed by atoms with Gasteiger partial charge in [-0.3, -0.25) is 14.7 Å². The largest absolute Gasteiger partial charge is 0.326 e. The average Bonchev–Trinajstić information content (AvgIpc) is 3.42. The summed E-state index contributed by atoms with van der Waals surface area (Å²) < 4.78 is 0. The van der Waals surface area contributed by atoms with Crippen molar-refractivity contribution in [1.82, 2.24) is 20.2 Å². The van der Waals surface area contributed by atoms with Crippen LogP contribution in [0.3, 0.4) is 0 Å². The summed E-state index contributed by atoms with van der Waals surface area (Å²) >= 11 is 0. The number of hydrogen-bond donors (Lipinski definition) is 5. The van der Waals surface area contributed by atoms with Gasteiger partial charge in [-0.1, -0.05) is 32.1 Å². The SMILES string of the molecule is CC(=O)Nc1n[nH]c2cc(NC(=O)c3ccc4nc(NC5=C(\C(C)C)CC\C=C/C=C\5)[nH]c4c3)ccc12. The lowest BCUT2D eigenvalue weighted by molar-refractivity contribution is -0.114. The van der Waals surface area contributed by atoms with Crippen LogP contribution in [0, 0.1) is 5.92 Å². The smallest absolute Gasteiger partial charge is 0.255 e. The van der Waals surface area contributed by atoms with Gasteiger partial charge in [-0.15, -0.1) is 0 Å². The zero-order valence-corrected chi connectivity index (χ0v) is 21.0. The molecule has 0 fully saturated rings. The molecule has 2 amide bonds. The Hall–Kier alpha value is -4.66. The van der Waals surface area contributed by atoms with Gasteiger partial charge >= 0.3 is 0 Å². The molecule has 0 bridgehead atoms. The Balaban J connectivity index is 1.35. The maximum Gasteiger partial charge on any atom is 0.255 e. The molecule has 2 aromatic carbocycles. The number of allylic oxidation sites excluding steroid dienone is 5. The van der Waals surface area contributed by atoms with E-state index in [2.05, 4.69) is 68.2 Å². The van der Waals surface area contributed by atoms with Crippen LogP contribution in [-0.4, -0.2) is 32.0 Å². The first-order chi connectivity index (χ1) is 17.9. The molecule has 2 heterocycles. The van der Waals surface area contributed by atoms with Crippen molar-refractivity contribution in [1.29, 1.82) is 0 Å². The molecule has 188 valence electrons. The van der Waals surface area contributed by atoms with E-state index >= 15 is 0 Å².